The summed E-state index contributed by atoms with van der Waals surface area (Å²) in [5.74, 6) is 0.743. The lowest BCUT2D eigenvalue weighted by atomic mass is 9.91. The highest BCUT2D eigenvalue weighted by Crippen LogP contribution is 2.35. The first-order valence-corrected chi connectivity index (χ1v) is 6.72. The molecule has 0 amide bonds. The van der Waals surface area contributed by atoms with Gasteiger partial charge in [0.05, 0.1) is 7.11 Å². The van der Waals surface area contributed by atoms with Gasteiger partial charge in [-0.2, -0.15) is 0 Å². The Balaban J connectivity index is 2.31. The molecule has 2 rings (SSSR count). The second-order valence-electron chi connectivity index (χ2n) is 4.31. The molecule has 0 bridgehead atoms. The van der Waals surface area contributed by atoms with Gasteiger partial charge in [-0.1, -0.05) is 22.0 Å². The Morgan fingerprint density at radius 1 is 1.35 bits per heavy atom. The lowest BCUT2D eigenvalue weighted by Gasteiger charge is -2.21. The number of aliphatic hydroxyl groups excluding tert-OH is 1. The molecule has 0 radical (unpaired) electrons. The van der Waals surface area contributed by atoms with Crippen LogP contribution in [0.25, 0.3) is 0 Å². The van der Waals surface area contributed by atoms with E-state index in [0.29, 0.717) is 0 Å². The number of ether oxygens (including phenoxy) is 1. The van der Waals surface area contributed by atoms with Crippen LogP contribution in [0.5, 0.6) is 5.75 Å². The van der Waals surface area contributed by atoms with Crippen molar-refractivity contribution in [3.63, 3.8) is 0 Å². The van der Waals surface area contributed by atoms with Gasteiger partial charge in [-0.3, -0.25) is 0 Å². The van der Waals surface area contributed by atoms with Gasteiger partial charge in [0.25, 0.3) is 0 Å². The Bertz CT molecular complexity index is 426. The summed E-state index contributed by atoms with van der Waals surface area (Å²) in [6, 6.07) is 5.73. The van der Waals surface area contributed by atoms with Gasteiger partial charge < -0.3 is 9.84 Å². The smallest absolute Gasteiger partial charge is 0.125 e. The third-order valence-electron chi connectivity index (χ3n) is 3.16. The van der Waals surface area contributed by atoms with Crippen molar-refractivity contribution in [2.75, 3.05) is 7.11 Å². The summed E-state index contributed by atoms with van der Waals surface area (Å²) in [4.78, 5) is 0. The molecule has 92 valence electrons. The standard InChI is InChI=1S/C14H17BrO2/c1-17-13-8-7-11(15)9-12(13)14(16)10-5-3-2-4-6-10/h5,7-9,14,16H,2-4,6H2,1H3. The number of allylic oxidation sites excluding steroid dienone is 1. The number of rotatable bonds is 3. The topological polar surface area (TPSA) is 29.5 Å². The Hall–Kier alpha value is -0.800. The first-order valence-electron chi connectivity index (χ1n) is 5.93. The maximum Gasteiger partial charge on any atom is 0.125 e. The van der Waals surface area contributed by atoms with Gasteiger partial charge >= 0.3 is 0 Å². The molecule has 17 heavy (non-hydrogen) atoms. The van der Waals surface area contributed by atoms with Crippen molar-refractivity contribution < 1.29 is 9.84 Å². The van der Waals surface area contributed by atoms with Crippen LogP contribution in [0.2, 0.25) is 0 Å². The predicted molar refractivity (Wildman–Crippen MR) is 72.2 cm³/mol. The van der Waals surface area contributed by atoms with Gasteiger partial charge in [-0.25, -0.2) is 0 Å². The molecule has 0 heterocycles. The highest BCUT2D eigenvalue weighted by molar-refractivity contribution is 9.10. The molecule has 0 aromatic heterocycles. The minimum Gasteiger partial charge on any atom is -0.496 e. The van der Waals surface area contributed by atoms with Crippen LogP contribution >= 0.6 is 15.9 Å². The SMILES string of the molecule is COc1ccc(Br)cc1C(O)C1=CCCCC1. The Kier molecular flexibility index (Phi) is 4.24. The molecule has 0 saturated heterocycles. The molecule has 0 saturated carbocycles. The highest BCUT2D eigenvalue weighted by atomic mass is 79.9. The van der Waals surface area contributed by atoms with E-state index in [1.54, 1.807) is 7.11 Å². The van der Waals surface area contributed by atoms with Crippen molar-refractivity contribution in [3.05, 3.63) is 39.9 Å². The average Bonchev–Trinajstić information content (AvgIpc) is 2.39. The minimum absolute atomic E-state index is 0.539. The first kappa shape index (κ1) is 12.7. The molecule has 0 aliphatic heterocycles. The van der Waals surface area contributed by atoms with Gasteiger partial charge in [-0.05, 0) is 49.5 Å². The molecule has 1 aromatic carbocycles. The number of methoxy groups -OCH3 is 1. The third-order valence-corrected chi connectivity index (χ3v) is 3.66. The Morgan fingerprint density at radius 3 is 2.82 bits per heavy atom. The fourth-order valence-electron chi connectivity index (χ4n) is 2.23. The van der Waals surface area contributed by atoms with Gasteiger partial charge in [0.2, 0.25) is 0 Å². The average molecular weight is 297 g/mol. The zero-order valence-electron chi connectivity index (χ0n) is 9.95. The molecule has 0 fully saturated rings. The van der Waals surface area contributed by atoms with E-state index < -0.39 is 6.10 Å². The van der Waals surface area contributed by atoms with Crippen molar-refractivity contribution in [1.82, 2.24) is 0 Å². The molecule has 1 N–H and O–H groups in total. The van der Waals surface area contributed by atoms with Crippen LogP contribution < -0.4 is 4.74 Å². The highest BCUT2D eigenvalue weighted by Gasteiger charge is 2.19. The largest absolute Gasteiger partial charge is 0.496 e. The van der Waals surface area contributed by atoms with Crippen LogP contribution in [-0.4, -0.2) is 12.2 Å². The lowest BCUT2D eigenvalue weighted by Crippen LogP contribution is -2.06. The molecular weight excluding hydrogens is 280 g/mol. The van der Waals surface area contributed by atoms with E-state index in [-0.39, 0.29) is 0 Å². The van der Waals surface area contributed by atoms with E-state index >= 15 is 0 Å². The number of halogens is 1. The maximum atomic E-state index is 10.4. The summed E-state index contributed by atoms with van der Waals surface area (Å²) < 4.78 is 6.27. The van der Waals surface area contributed by atoms with E-state index in [0.717, 1.165) is 34.2 Å². The van der Waals surface area contributed by atoms with Crippen LogP contribution in [0.1, 0.15) is 37.4 Å². The van der Waals surface area contributed by atoms with Crippen molar-refractivity contribution >= 4 is 15.9 Å². The van der Waals surface area contributed by atoms with Crippen molar-refractivity contribution in [3.8, 4) is 5.75 Å². The number of benzene rings is 1. The van der Waals surface area contributed by atoms with Crippen molar-refractivity contribution in [1.29, 1.82) is 0 Å². The summed E-state index contributed by atoms with van der Waals surface area (Å²) in [5.41, 5.74) is 1.96. The predicted octanol–water partition coefficient (Wildman–Crippen LogP) is 3.99. The zero-order chi connectivity index (χ0) is 12.3. The summed E-state index contributed by atoms with van der Waals surface area (Å²) >= 11 is 3.43. The molecule has 0 spiro atoms. The van der Waals surface area contributed by atoms with Crippen LogP contribution in [0.3, 0.4) is 0 Å². The van der Waals surface area contributed by atoms with Gasteiger partial charge in [0.15, 0.2) is 0 Å². The number of aliphatic hydroxyl groups is 1. The molecule has 1 aromatic rings. The van der Waals surface area contributed by atoms with Crippen molar-refractivity contribution in [2.45, 2.75) is 31.8 Å². The maximum absolute atomic E-state index is 10.4. The van der Waals surface area contributed by atoms with Crippen LogP contribution in [0.4, 0.5) is 0 Å². The van der Waals surface area contributed by atoms with Crippen LogP contribution in [-0.2, 0) is 0 Å². The van der Waals surface area contributed by atoms with E-state index in [4.69, 9.17) is 4.74 Å². The fraction of sp³-hybridized carbons (Fsp3) is 0.429. The second kappa shape index (κ2) is 5.69. The molecular formula is C14H17BrO2. The van der Waals surface area contributed by atoms with E-state index in [2.05, 4.69) is 22.0 Å². The van der Waals surface area contributed by atoms with Gasteiger partial charge in [0, 0.05) is 10.0 Å². The molecule has 1 aliphatic carbocycles. The fourth-order valence-corrected chi connectivity index (χ4v) is 2.61. The van der Waals surface area contributed by atoms with Crippen LogP contribution in [0.15, 0.2) is 34.3 Å². The molecule has 1 atom stereocenters. The first-order chi connectivity index (χ1) is 8.22. The minimum atomic E-state index is -0.539. The normalized spacial score (nSPS) is 17.5. The summed E-state index contributed by atoms with van der Waals surface area (Å²) in [7, 11) is 1.63. The van der Waals surface area contributed by atoms with Crippen molar-refractivity contribution in [2.24, 2.45) is 0 Å². The lowest BCUT2D eigenvalue weighted by molar-refractivity contribution is 0.203. The van der Waals surface area contributed by atoms with Gasteiger partial charge in [0.1, 0.15) is 11.9 Å². The monoisotopic (exact) mass is 296 g/mol. The summed E-state index contributed by atoms with van der Waals surface area (Å²) in [6.45, 7) is 0. The third kappa shape index (κ3) is 2.90. The van der Waals surface area contributed by atoms with E-state index in [9.17, 15) is 5.11 Å². The molecule has 1 unspecified atom stereocenters. The molecule has 2 nitrogen and oxygen atoms in total. The van der Waals surface area contributed by atoms with E-state index in [1.807, 2.05) is 18.2 Å². The second-order valence-corrected chi connectivity index (χ2v) is 5.23. The number of hydrogen-bond donors (Lipinski definition) is 1. The Labute approximate surface area is 110 Å². The Morgan fingerprint density at radius 2 is 2.18 bits per heavy atom. The van der Waals surface area contributed by atoms with Crippen LogP contribution in [0, 0.1) is 0 Å². The van der Waals surface area contributed by atoms with E-state index in [1.165, 1.54) is 12.8 Å². The zero-order valence-corrected chi connectivity index (χ0v) is 11.5. The number of hydrogen-bond acceptors (Lipinski definition) is 2. The van der Waals surface area contributed by atoms with Gasteiger partial charge in [-0.15, -0.1) is 0 Å². The quantitative estimate of drug-likeness (QED) is 0.855. The molecule has 1 aliphatic rings. The summed E-state index contributed by atoms with van der Waals surface area (Å²) in [6.07, 6.45) is 6.07. The summed E-state index contributed by atoms with van der Waals surface area (Å²) in [5, 5.41) is 10.4. The molecule has 3 heteroatoms.